The van der Waals surface area contributed by atoms with Gasteiger partial charge in [-0.2, -0.15) is 0 Å². The highest BCUT2D eigenvalue weighted by Gasteiger charge is 2.22. The molecule has 1 saturated heterocycles. The Morgan fingerprint density at radius 1 is 1.25 bits per heavy atom. The third kappa shape index (κ3) is 6.94. The van der Waals surface area contributed by atoms with Crippen LogP contribution in [0.3, 0.4) is 0 Å². The molecule has 1 unspecified atom stereocenters. The van der Waals surface area contributed by atoms with E-state index in [1.165, 1.54) is 11.1 Å². The van der Waals surface area contributed by atoms with Crippen LogP contribution in [-0.4, -0.2) is 49.2 Å². The largest absolute Gasteiger partial charge is 0.379 e. The van der Waals surface area contributed by atoms with Gasteiger partial charge < -0.3 is 15.8 Å². The Labute approximate surface area is 163 Å². The summed E-state index contributed by atoms with van der Waals surface area (Å²) in [5, 5.41) is 3.22. The maximum absolute atomic E-state index is 6.04. The molecular formula is C18H31IN4O. The molecule has 136 valence electrons. The number of nitrogens with zero attached hydrogens (tertiary/aromatic N) is 2. The third-order valence-corrected chi connectivity index (χ3v) is 3.89. The molecule has 0 radical (unpaired) electrons. The number of hydrogen-bond donors (Lipinski definition) is 2. The molecule has 24 heavy (non-hydrogen) atoms. The predicted molar refractivity (Wildman–Crippen MR) is 111 cm³/mol. The van der Waals surface area contributed by atoms with Gasteiger partial charge in [-0.3, -0.25) is 9.89 Å². The number of morpholine rings is 1. The van der Waals surface area contributed by atoms with Crippen molar-refractivity contribution in [3.8, 4) is 0 Å². The molecule has 0 spiro atoms. The summed E-state index contributed by atoms with van der Waals surface area (Å²) in [5.74, 6) is 0.503. The van der Waals surface area contributed by atoms with E-state index >= 15 is 0 Å². The summed E-state index contributed by atoms with van der Waals surface area (Å²) in [6, 6.07) is 8.93. The average molecular weight is 446 g/mol. The van der Waals surface area contributed by atoms with E-state index in [0.717, 1.165) is 26.3 Å². The van der Waals surface area contributed by atoms with Crippen molar-refractivity contribution in [2.45, 2.75) is 39.3 Å². The van der Waals surface area contributed by atoms with Crippen molar-refractivity contribution in [3.05, 3.63) is 35.4 Å². The lowest BCUT2D eigenvalue weighted by atomic mass is 10.0. The maximum atomic E-state index is 6.04. The van der Waals surface area contributed by atoms with Crippen LogP contribution in [0, 0.1) is 6.92 Å². The van der Waals surface area contributed by atoms with Crippen LogP contribution < -0.4 is 11.1 Å². The third-order valence-electron chi connectivity index (χ3n) is 3.89. The molecule has 1 atom stereocenters. The number of nitrogens with two attached hydrogens (primary N) is 1. The number of aliphatic imine (C=N–C) groups is 1. The minimum Gasteiger partial charge on any atom is -0.379 e. The summed E-state index contributed by atoms with van der Waals surface area (Å²) < 4.78 is 5.48. The smallest absolute Gasteiger partial charge is 0.189 e. The molecule has 0 aliphatic carbocycles. The Hall–Kier alpha value is -0.860. The van der Waals surface area contributed by atoms with Crippen molar-refractivity contribution in [2.75, 3.05) is 32.8 Å². The molecule has 1 fully saturated rings. The van der Waals surface area contributed by atoms with Crippen LogP contribution in [0.25, 0.3) is 0 Å². The molecule has 1 aromatic rings. The van der Waals surface area contributed by atoms with Gasteiger partial charge in [-0.15, -0.1) is 24.0 Å². The van der Waals surface area contributed by atoms with Crippen molar-refractivity contribution in [1.82, 2.24) is 10.2 Å². The number of rotatable bonds is 4. The Morgan fingerprint density at radius 3 is 2.38 bits per heavy atom. The molecule has 3 N–H and O–H groups in total. The fourth-order valence-corrected chi connectivity index (χ4v) is 2.72. The van der Waals surface area contributed by atoms with Crippen LogP contribution in [0.4, 0.5) is 0 Å². The zero-order valence-corrected chi connectivity index (χ0v) is 17.5. The summed E-state index contributed by atoms with van der Waals surface area (Å²) in [4.78, 5) is 7.02. The second kappa shape index (κ2) is 9.58. The van der Waals surface area contributed by atoms with Gasteiger partial charge in [0.1, 0.15) is 0 Å². The van der Waals surface area contributed by atoms with E-state index in [1.807, 2.05) is 0 Å². The van der Waals surface area contributed by atoms with E-state index in [9.17, 15) is 0 Å². The fourth-order valence-electron chi connectivity index (χ4n) is 2.72. The van der Waals surface area contributed by atoms with E-state index in [4.69, 9.17) is 10.5 Å². The van der Waals surface area contributed by atoms with Gasteiger partial charge in [0.05, 0.1) is 25.8 Å². The van der Waals surface area contributed by atoms with Crippen molar-refractivity contribution < 1.29 is 4.74 Å². The first-order valence-corrected chi connectivity index (χ1v) is 8.31. The Bertz CT molecular complexity index is 519. The Kier molecular flexibility index (Phi) is 8.45. The summed E-state index contributed by atoms with van der Waals surface area (Å²) in [6.45, 7) is 12.4. The molecule has 0 amide bonds. The number of ether oxygens (including phenoxy) is 1. The molecule has 0 saturated carbocycles. The lowest BCUT2D eigenvalue weighted by Gasteiger charge is -2.34. The number of halogens is 1. The molecule has 1 heterocycles. The van der Waals surface area contributed by atoms with Crippen molar-refractivity contribution >= 4 is 29.9 Å². The van der Waals surface area contributed by atoms with E-state index < -0.39 is 0 Å². The fraction of sp³-hybridized carbons (Fsp3) is 0.611. The number of guanidine groups is 1. The zero-order chi connectivity index (χ0) is 16.9. The monoisotopic (exact) mass is 446 g/mol. The van der Waals surface area contributed by atoms with Gasteiger partial charge in [0, 0.05) is 18.6 Å². The molecule has 0 aromatic heterocycles. The van der Waals surface area contributed by atoms with Gasteiger partial charge in [-0.25, -0.2) is 0 Å². The van der Waals surface area contributed by atoms with Crippen LogP contribution in [0.2, 0.25) is 0 Å². The van der Waals surface area contributed by atoms with Gasteiger partial charge in [0.15, 0.2) is 5.96 Å². The number of hydrogen-bond acceptors (Lipinski definition) is 3. The van der Waals surface area contributed by atoms with Crippen LogP contribution in [0.5, 0.6) is 0 Å². The van der Waals surface area contributed by atoms with E-state index in [1.54, 1.807) is 0 Å². The van der Waals surface area contributed by atoms with Crippen LogP contribution >= 0.6 is 24.0 Å². The molecule has 5 nitrogen and oxygen atoms in total. The highest BCUT2D eigenvalue weighted by molar-refractivity contribution is 14.0. The normalized spacial score (nSPS) is 17.9. The summed E-state index contributed by atoms with van der Waals surface area (Å²) in [6.07, 6.45) is 0. The van der Waals surface area contributed by atoms with Crippen molar-refractivity contribution in [3.63, 3.8) is 0 Å². The molecule has 1 aliphatic rings. The Balaban J connectivity index is 0.00000288. The van der Waals surface area contributed by atoms with E-state index in [2.05, 4.69) is 67.2 Å². The minimum absolute atomic E-state index is 0. The topological polar surface area (TPSA) is 62.9 Å². The average Bonchev–Trinajstić information content (AvgIpc) is 2.48. The summed E-state index contributed by atoms with van der Waals surface area (Å²) in [7, 11) is 0. The van der Waals surface area contributed by atoms with Gasteiger partial charge in [-0.1, -0.05) is 29.8 Å². The second-order valence-corrected chi connectivity index (χ2v) is 7.18. The molecule has 0 bridgehead atoms. The summed E-state index contributed by atoms with van der Waals surface area (Å²) >= 11 is 0. The zero-order valence-electron chi connectivity index (χ0n) is 15.2. The lowest BCUT2D eigenvalue weighted by Crippen LogP contribution is -2.45. The maximum Gasteiger partial charge on any atom is 0.189 e. The minimum atomic E-state index is -0.0775. The highest BCUT2D eigenvalue weighted by atomic mass is 127. The standard InChI is InChI=1S/C18H30N4O.HI/c1-14-5-7-15(8-6-14)16(22-9-11-23-12-10-22)13-20-17(19)21-18(2,3)4;/h5-8,16H,9-13H2,1-4H3,(H3,19,20,21);1H. The van der Waals surface area contributed by atoms with Gasteiger partial charge in [0.2, 0.25) is 0 Å². The Morgan fingerprint density at radius 2 is 1.83 bits per heavy atom. The van der Waals surface area contributed by atoms with Crippen LogP contribution in [-0.2, 0) is 4.74 Å². The quantitative estimate of drug-likeness (QED) is 0.424. The van der Waals surface area contributed by atoms with Gasteiger partial charge >= 0.3 is 0 Å². The van der Waals surface area contributed by atoms with Gasteiger partial charge in [0.25, 0.3) is 0 Å². The molecule has 1 aromatic carbocycles. The SMILES string of the molecule is Cc1ccc(C(CN=C(N)NC(C)(C)C)N2CCOCC2)cc1.I. The van der Waals surface area contributed by atoms with Crippen molar-refractivity contribution in [2.24, 2.45) is 10.7 Å². The summed E-state index contributed by atoms with van der Waals surface area (Å²) in [5.41, 5.74) is 8.51. The first-order valence-electron chi connectivity index (χ1n) is 8.31. The first-order chi connectivity index (χ1) is 10.8. The highest BCUT2D eigenvalue weighted by Crippen LogP contribution is 2.22. The van der Waals surface area contributed by atoms with Gasteiger partial charge in [-0.05, 0) is 33.3 Å². The molecule has 2 rings (SSSR count). The molecule has 6 heteroatoms. The first kappa shape index (κ1) is 21.2. The predicted octanol–water partition coefficient (Wildman–Crippen LogP) is 2.69. The second-order valence-electron chi connectivity index (χ2n) is 7.18. The molecule has 1 aliphatic heterocycles. The van der Waals surface area contributed by atoms with E-state index in [-0.39, 0.29) is 35.6 Å². The van der Waals surface area contributed by atoms with Crippen LogP contribution in [0.15, 0.2) is 29.3 Å². The lowest BCUT2D eigenvalue weighted by molar-refractivity contribution is 0.0180. The van der Waals surface area contributed by atoms with E-state index in [0.29, 0.717) is 12.5 Å². The number of benzene rings is 1. The number of nitrogens with one attached hydrogen (secondary N) is 1. The van der Waals surface area contributed by atoms with Crippen molar-refractivity contribution in [1.29, 1.82) is 0 Å². The molecular weight excluding hydrogens is 415 g/mol. The van der Waals surface area contributed by atoms with Crippen LogP contribution in [0.1, 0.15) is 37.9 Å². The number of aryl methyl sites for hydroxylation is 1.